The van der Waals surface area contributed by atoms with E-state index < -0.39 is 6.10 Å². The minimum atomic E-state index is -1.09. The maximum absolute atomic E-state index is 12.5. The summed E-state index contributed by atoms with van der Waals surface area (Å²) in [5.41, 5.74) is 2.36. The highest BCUT2D eigenvalue weighted by atomic mass is 16.3. The highest BCUT2D eigenvalue weighted by molar-refractivity contribution is 6.29. The molecule has 0 saturated carbocycles. The van der Waals surface area contributed by atoms with Crippen LogP contribution in [0.2, 0.25) is 0 Å². The van der Waals surface area contributed by atoms with E-state index in [-0.39, 0.29) is 17.1 Å². The van der Waals surface area contributed by atoms with Gasteiger partial charge in [-0.1, -0.05) is 50.8 Å². The second-order valence-corrected chi connectivity index (χ2v) is 4.80. The molecular weight excluding hydrogens is 264 g/mol. The third-order valence-corrected chi connectivity index (χ3v) is 3.58. The van der Waals surface area contributed by atoms with Crippen LogP contribution in [0.4, 0.5) is 0 Å². The molecule has 1 N–H and O–H groups in total. The third-order valence-electron chi connectivity index (χ3n) is 3.58. The summed E-state index contributed by atoms with van der Waals surface area (Å²) >= 11 is 0. The fourth-order valence-electron chi connectivity index (χ4n) is 2.66. The van der Waals surface area contributed by atoms with E-state index in [0.29, 0.717) is 27.8 Å². The molecule has 1 aromatic rings. The summed E-state index contributed by atoms with van der Waals surface area (Å²) in [4.78, 5) is 24.9. The SMILES string of the molecule is C=C1C=C(C)C2=C(C(=O)c3ccccc3C2=O)C1O.CC. The highest BCUT2D eigenvalue weighted by Crippen LogP contribution is 2.36. The van der Waals surface area contributed by atoms with Gasteiger partial charge in [0, 0.05) is 22.3 Å². The maximum Gasteiger partial charge on any atom is 0.194 e. The largest absolute Gasteiger partial charge is 0.384 e. The van der Waals surface area contributed by atoms with E-state index in [1.165, 1.54) is 0 Å². The van der Waals surface area contributed by atoms with Crippen molar-refractivity contribution in [2.45, 2.75) is 26.9 Å². The van der Waals surface area contributed by atoms with E-state index in [1.54, 1.807) is 37.3 Å². The van der Waals surface area contributed by atoms with Gasteiger partial charge in [-0.3, -0.25) is 9.59 Å². The lowest BCUT2D eigenvalue weighted by molar-refractivity contribution is 0.0949. The van der Waals surface area contributed by atoms with Crippen molar-refractivity contribution in [3.05, 3.63) is 70.3 Å². The number of aliphatic hydroxyl groups excluding tert-OH is 1. The van der Waals surface area contributed by atoms with E-state index in [2.05, 4.69) is 6.58 Å². The molecule has 0 fully saturated rings. The number of Topliss-reactive ketones (excluding diaryl/α,β-unsaturated/α-hetero) is 2. The van der Waals surface area contributed by atoms with E-state index in [9.17, 15) is 14.7 Å². The van der Waals surface area contributed by atoms with Gasteiger partial charge in [0.1, 0.15) is 6.10 Å². The van der Waals surface area contributed by atoms with Gasteiger partial charge >= 0.3 is 0 Å². The van der Waals surface area contributed by atoms with Crippen LogP contribution in [0.1, 0.15) is 41.5 Å². The topological polar surface area (TPSA) is 54.4 Å². The van der Waals surface area contributed by atoms with Gasteiger partial charge in [0.15, 0.2) is 11.6 Å². The number of allylic oxidation sites excluding steroid dienone is 2. The molecule has 0 aromatic heterocycles. The molecule has 3 nitrogen and oxygen atoms in total. The molecule has 1 unspecified atom stereocenters. The lowest BCUT2D eigenvalue weighted by Crippen LogP contribution is -2.32. The molecule has 2 aliphatic carbocycles. The lowest BCUT2D eigenvalue weighted by atomic mass is 9.75. The predicted molar refractivity (Wildman–Crippen MR) is 82.4 cm³/mol. The molecular formula is C18H18O3. The van der Waals surface area contributed by atoms with Gasteiger partial charge < -0.3 is 5.11 Å². The molecule has 0 bridgehead atoms. The summed E-state index contributed by atoms with van der Waals surface area (Å²) in [6, 6.07) is 6.69. The van der Waals surface area contributed by atoms with Gasteiger partial charge in [0.2, 0.25) is 0 Å². The Hall–Kier alpha value is -2.26. The summed E-state index contributed by atoms with van der Waals surface area (Å²) in [6.07, 6.45) is 0.561. The second-order valence-electron chi connectivity index (χ2n) is 4.80. The number of aliphatic hydroxyl groups is 1. The Morgan fingerprint density at radius 1 is 1.05 bits per heavy atom. The summed E-state index contributed by atoms with van der Waals surface area (Å²) in [5.74, 6) is -0.489. The van der Waals surface area contributed by atoms with Crippen molar-refractivity contribution in [2.24, 2.45) is 0 Å². The van der Waals surface area contributed by atoms with E-state index >= 15 is 0 Å². The van der Waals surface area contributed by atoms with Crippen molar-refractivity contribution in [1.82, 2.24) is 0 Å². The van der Waals surface area contributed by atoms with Gasteiger partial charge in [-0.2, -0.15) is 0 Å². The average molecular weight is 282 g/mol. The standard InChI is InChI=1S/C16H12O3.C2H6/c1-8-7-9(2)14(17)13-12(8)15(18)10-5-3-4-6-11(10)16(13)19;1-2/h3-7,14,17H,2H2,1H3;1-2H3. The number of carbonyl (C=O) groups excluding carboxylic acids is 2. The smallest absolute Gasteiger partial charge is 0.194 e. The van der Waals surface area contributed by atoms with Crippen LogP contribution in [0.5, 0.6) is 0 Å². The van der Waals surface area contributed by atoms with Gasteiger partial charge in [-0.05, 0) is 18.1 Å². The summed E-state index contributed by atoms with van der Waals surface area (Å²) in [6.45, 7) is 9.48. The fraction of sp³-hybridized carbons (Fsp3) is 0.222. The molecule has 0 heterocycles. The lowest BCUT2D eigenvalue weighted by Gasteiger charge is -2.28. The number of carbonyl (C=O) groups is 2. The van der Waals surface area contributed by atoms with Crippen molar-refractivity contribution in [2.75, 3.05) is 0 Å². The van der Waals surface area contributed by atoms with Crippen molar-refractivity contribution < 1.29 is 14.7 Å². The van der Waals surface area contributed by atoms with Crippen LogP contribution in [0.25, 0.3) is 0 Å². The first-order valence-electron chi connectivity index (χ1n) is 7.00. The molecule has 1 atom stereocenters. The minimum Gasteiger partial charge on any atom is -0.384 e. The number of benzene rings is 1. The van der Waals surface area contributed by atoms with Crippen LogP contribution in [0.15, 0.2) is 59.2 Å². The number of rotatable bonds is 0. The monoisotopic (exact) mass is 282 g/mol. The molecule has 1 aromatic carbocycles. The molecule has 3 heteroatoms. The molecule has 108 valence electrons. The van der Waals surface area contributed by atoms with E-state index in [4.69, 9.17) is 0 Å². The van der Waals surface area contributed by atoms with Crippen LogP contribution < -0.4 is 0 Å². The van der Waals surface area contributed by atoms with Crippen molar-refractivity contribution in [3.63, 3.8) is 0 Å². The molecule has 0 spiro atoms. The average Bonchev–Trinajstić information content (AvgIpc) is 2.50. The van der Waals surface area contributed by atoms with Crippen LogP contribution in [0.3, 0.4) is 0 Å². The van der Waals surface area contributed by atoms with E-state index in [0.717, 1.165) is 0 Å². The Labute approximate surface area is 124 Å². The summed E-state index contributed by atoms with van der Waals surface area (Å²) in [7, 11) is 0. The van der Waals surface area contributed by atoms with Crippen LogP contribution >= 0.6 is 0 Å². The Bertz CT molecular complexity index is 705. The van der Waals surface area contributed by atoms with Gasteiger partial charge in [0.05, 0.1) is 0 Å². The maximum atomic E-state index is 12.5. The zero-order valence-electron chi connectivity index (χ0n) is 12.4. The first-order chi connectivity index (χ1) is 10.0. The molecule has 0 aliphatic heterocycles. The van der Waals surface area contributed by atoms with Gasteiger partial charge in [-0.15, -0.1) is 0 Å². The predicted octanol–water partition coefficient (Wildman–Crippen LogP) is 3.27. The first-order valence-corrected chi connectivity index (χ1v) is 7.00. The fourth-order valence-corrected chi connectivity index (χ4v) is 2.66. The van der Waals surface area contributed by atoms with Crippen molar-refractivity contribution >= 4 is 11.6 Å². The minimum absolute atomic E-state index is 0.161. The highest BCUT2D eigenvalue weighted by Gasteiger charge is 2.38. The Morgan fingerprint density at radius 2 is 1.57 bits per heavy atom. The normalized spacial score (nSPS) is 20.3. The molecule has 0 radical (unpaired) electrons. The number of hydrogen-bond donors (Lipinski definition) is 1. The second kappa shape index (κ2) is 5.62. The molecule has 0 amide bonds. The Morgan fingerprint density at radius 3 is 2.14 bits per heavy atom. The Kier molecular flexibility index (Phi) is 4.05. The van der Waals surface area contributed by atoms with Crippen LogP contribution in [-0.2, 0) is 0 Å². The Balaban J connectivity index is 0.000000774. The van der Waals surface area contributed by atoms with Crippen LogP contribution in [0, 0.1) is 0 Å². The first kappa shape index (κ1) is 15.1. The molecule has 21 heavy (non-hydrogen) atoms. The summed E-state index contributed by atoms with van der Waals surface area (Å²) < 4.78 is 0. The van der Waals surface area contributed by atoms with Gasteiger partial charge in [0.25, 0.3) is 0 Å². The van der Waals surface area contributed by atoms with Gasteiger partial charge in [-0.25, -0.2) is 0 Å². The zero-order valence-corrected chi connectivity index (χ0v) is 12.4. The molecule has 0 saturated heterocycles. The number of hydrogen-bond acceptors (Lipinski definition) is 3. The summed E-state index contributed by atoms with van der Waals surface area (Å²) in [5, 5.41) is 10.1. The zero-order chi connectivity index (χ0) is 15.7. The van der Waals surface area contributed by atoms with Crippen LogP contribution in [-0.4, -0.2) is 22.8 Å². The number of fused-ring (bicyclic) bond motifs is 1. The molecule has 3 rings (SSSR count). The van der Waals surface area contributed by atoms with Crippen molar-refractivity contribution in [1.29, 1.82) is 0 Å². The number of ketones is 2. The van der Waals surface area contributed by atoms with Crippen molar-refractivity contribution in [3.8, 4) is 0 Å². The van der Waals surface area contributed by atoms with E-state index in [1.807, 2.05) is 13.8 Å². The third kappa shape index (κ3) is 2.20. The quantitative estimate of drug-likeness (QED) is 0.794. The molecule has 2 aliphatic rings.